The summed E-state index contributed by atoms with van der Waals surface area (Å²) in [4.78, 5) is 14.2. The van der Waals surface area contributed by atoms with E-state index in [-0.39, 0.29) is 29.2 Å². The molecule has 0 saturated heterocycles. The van der Waals surface area contributed by atoms with Crippen molar-refractivity contribution in [2.24, 2.45) is 7.05 Å². The molecule has 1 aliphatic heterocycles. The van der Waals surface area contributed by atoms with Crippen molar-refractivity contribution in [2.75, 3.05) is 12.4 Å². The van der Waals surface area contributed by atoms with Gasteiger partial charge in [0.1, 0.15) is 15.8 Å². The van der Waals surface area contributed by atoms with E-state index >= 15 is 0 Å². The lowest BCUT2D eigenvalue weighted by Gasteiger charge is -2.35. The molecule has 152 valence electrons. The van der Waals surface area contributed by atoms with Crippen molar-refractivity contribution in [2.45, 2.75) is 50.5 Å². The summed E-state index contributed by atoms with van der Waals surface area (Å²) < 4.78 is 19.0. The molecule has 6 nitrogen and oxygen atoms in total. The van der Waals surface area contributed by atoms with E-state index in [1.54, 1.807) is 7.05 Å². The van der Waals surface area contributed by atoms with Gasteiger partial charge in [0, 0.05) is 35.4 Å². The SMILES string of the molecule is CCCOCc1c(C(=O)c2cnn(C)c2O)ccc2c1S(=S=O)CCC2(C)C. The monoisotopic (exact) mass is 422 g/mol. The normalized spacial score (nSPS) is 17.9. The first-order valence-electron chi connectivity index (χ1n) is 9.32. The van der Waals surface area contributed by atoms with Crippen LogP contribution in [0.15, 0.2) is 23.2 Å². The lowest BCUT2D eigenvalue weighted by Crippen LogP contribution is -2.29. The molecule has 8 heteroatoms. The van der Waals surface area contributed by atoms with E-state index < -0.39 is 9.45 Å². The molecule has 0 saturated carbocycles. The zero-order valence-electron chi connectivity index (χ0n) is 16.7. The highest BCUT2D eigenvalue weighted by Gasteiger charge is 2.34. The van der Waals surface area contributed by atoms with Crippen LogP contribution in [-0.4, -0.2) is 37.2 Å². The summed E-state index contributed by atoms with van der Waals surface area (Å²) in [5, 5.41) is 14.2. The fourth-order valence-corrected chi connectivity index (χ4v) is 6.78. The maximum absolute atomic E-state index is 13.2. The first-order chi connectivity index (χ1) is 13.3. The van der Waals surface area contributed by atoms with E-state index in [0.717, 1.165) is 34.6 Å². The predicted octanol–water partition coefficient (Wildman–Crippen LogP) is 3.07. The summed E-state index contributed by atoms with van der Waals surface area (Å²) in [6.45, 7) is 7.23. The van der Waals surface area contributed by atoms with E-state index in [2.05, 4.69) is 18.9 Å². The highest BCUT2D eigenvalue weighted by atomic mass is 32.8. The highest BCUT2D eigenvalue weighted by molar-refractivity contribution is 8.31. The minimum absolute atomic E-state index is 0.0634. The summed E-state index contributed by atoms with van der Waals surface area (Å²) >= 11 is 0. The Hall–Kier alpha value is -1.77. The Morgan fingerprint density at radius 1 is 1.39 bits per heavy atom. The quantitative estimate of drug-likeness (QED) is 0.572. The fourth-order valence-electron chi connectivity index (χ4n) is 3.48. The van der Waals surface area contributed by atoms with Gasteiger partial charge in [0.05, 0.1) is 12.8 Å². The molecule has 0 radical (unpaired) electrons. The summed E-state index contributed by atoms with van der Waals surface area (Å²) in [7, 11) is 1.66. The highest BCUT2D eigenvalue weighted by Crippen LogP contribution is 2.40. The summed E-state index contributed by atoms with van der Waals surface area (Å²) in [5.41, 5.74) is 2.46. The first kappa shape index (κ1) is 21.0. The molecule has 0 amide bonds. The Morgan fingerprint density at radius 2 is 2.14 bits per heavy atom. The molecule has 0 spiro atoms. The molecule has 0 fully saturated rings. The van der Waals surface area contributed by atoms with Crippen LogP contribution in [0.2, 0.25) is 0 Å². The van der Waals surface area contributed by atoms with Gasteiger partial charge in [0.25, 0.3) is 0 Å². The van der Waals surface area contributed by atoms with Gasteiger partial charge in [-0.3, -0.25) is 4.79 Å². The number of aromatic nitrogens is 2. The second-order valence-corrected chi connectivity index (χ2v) is 10.9. The van der Waals surface area contributed by atoms with Gasteiger partial charge in [-0.05, 0) is 23.8 Å². The van der Waals surface area contributed by atoms with E-state index in [1.165, 1.54) is 10.9 Å². The van der Waals surface area contributed by atoms with Gasteiger partial charge in [0.2, 0.25) is 5.88 Å². The average Bonchev–Trinajstić information content (AvgIpc) is 3.00. The van der Waals surface area contributed by atoms with Crippen LogP contribution >= 0.6 is 0 Å². The first-order valence-corrected chi connectivity index (χ1v) is 12.0. The van der Waals surface area contributed by atoms with Crippen LogP contribution in [-0.2, 0) is 43.5 Å². The van der Waals surface area contributed by atoms with Crippen LogP contribution in [0.1, 0.15) is 60.7 Å². The number of rotatable bonds is 6. The van der Waals surface area contributed by atoms with E-state index in [9.17, 15) is 14.1 Å². The molecule has 0 aliphatic carbocycles. The van der Waals surface area contributed by atoms with Gasteiger partial charge < -0.3 is 9.84 Å². The number of carbonyl (C=O) groups excluding carboxylic acids is 1. The number of ether oxygens (including phenoxy) is 1. The number of benzene rings is 1. The van der Waals surface area contributed by atoms with Crippen LogP contribution in [0.4, 0.5) is 0 Å². The van der Waals surface area contributed by atoms with Crippen LogP contribution in [0.3, 0.4) is 0 Å². The molecule has 1 aromatic heterocycles. The van der Waals surface area contributed by atoms with Crippen LogP contribution < -0.4 is 0 Å². The second kappa shape index (κ2) is 8.31. The molecular weight excluding hydrogens is 396 g/mol. The minimum atomic E-state index is -0.528. The number of aromatic hydroxyl groups is 1. The number of ketones is 1. The maximum Gasteiger partial charge on any atom is 0.220 e. The van der Waals surface area contributed by atoms with Gasteiger partial charge in [-0.25, -0.2) is 8.89 Å². The van der Waals surface area contributed by atoms with Crippen molar-refractivity contribution in [3.05, 3.63) is 40.6 Å². The lowest BCUT2D eigenvalue weighted by atomic mass is 9.80. The summed E-state index contributed by atoms with van der Waals surface area (Å²) in [5.74, 6) is 0.331. The molecule has 1 unspecified atom stereocenters. The third kappa shape index (κ3) is 3.73. The molecule has 2 aromatic rings. The Morgan fingerprint density at radius 3 is 2.75 bits per heavy atom. The largest absolute Gasteiger partial charge is 0.493 e. The van der Waals surface area contributed by atoms with Crippen molar-refractivity contribution < 1.29 is 18.8 Å². The third-order valence-electron chi connectivity index (χ3n) is 5.20. The number of nitrogens with zero attached hydrogens (tertiary/aromatic N) is 2. The molecule has 2 heterocycles. The Balaban J connectivity index is 2.21. The van der Waals surface area contributed by atoms with Crippen molar-refractivity contribution >= 4 is 25.5 Å². The minimum Gasteiger partial charge on any atom is -0.493 e. The lowest BCUT2D eigenvalue weighted by molar-refractivity contribution is 0.101. The molecule has 1 N–H and O–H groups in total. The van der Waals surface area contributed by atoms with Crippen LogP contribution in [0, 0.1) is 0 Å². The zero-order valence-corrected chi connectivity index (χ0v) is 18.3. The summed E-state index contributed by atoms with van der Waals surface area (Å²) in [6, 6.07) is 3.77. The maximum atomic E-state index is 13.2. The van der Waals surface area contributed by atoms with E-state index in [4.69, 9.17) is 4.74 Å². The van der Waals surface area contributed by atoms with Gasteiger partial charge in [0.15, 0.2) is 5.78 Å². The molecule has 1 aromatic carbocycles. The molecule has 1 aliphatic rings. The average molecular weight is 423 g/mol. The topological polar surface area (TPSA) is 81.4 Å². The van der Waals surface area contributed by atoms with E-state index in [0.29, 0.717) is 22.4 Å². The molecular formula is C20H26N2O4S2. The van der Waals surface area contributed by atoms with E-state index in [1.807, 2.05) is 19.1 Å². The molecule has 3 rings (SSSR count). The zero-order chi connectivity index (χ0) is 20.5. The number of hydrogen-bond donors (Lipinski definition) is 1. The Kier molecular flexibility index (Phi) is 6.21. The smallest absolute Gasteiger partial charge is 0.220 e. The molecule has 28 heavy (non-hydrogen) atoms. The predicted molar refractivity (Wildman–Crippen MR) is 111 cm³/mol. The molecule has 1 atom stereocenters. The van der Waals surface area contributed by atoms with Gasteiger partial charge >= 0.3 is 0 Å². The van der Waals surface area contributed by atoms with Crippen molar-refractivity contribution in [1.29, 1.82) is 0 Å². The number of hydrogen-bond acceptors (Lipinski definition) is 5. The number of carbonyl (C=O) groups is 1. The van der Waals surface area contributed by atoms with Crippen LogP contribution in [0.5, 0.6) is 5.88 Å². The Labute approximate surface area is 170 Å². The van der Waals surface area contributed by atoms with Gasteiger partial charge in [-0.2, -0.15) is 5.10 Å². The van der Waals surface area contributed by atoms with Crippen molar-refractivity contribution in [1.82, 2.24) is 9.78 Å². The van der Waals surface area contributed by atoms with Crippen molar-refractivity contribution in [3.8, 4) is 5.88 Å². The number of fused-ring (bicyclic) bond motifs is 1. The van der Waals surface area contributed by atoms with Gasteiger partial charge in [-0.15, -0.1) is 0 Å². The fraction of sp³-hybridized carbons (Fsp3) is 0.500. The summed E-state index contributed by atoms with van der Waals surface area (Å²) in [6.07, 6.45) is 3.18. The Bertz CT molecular complexity index is 975. The second-order valence-electron chi connectivity index (χ2n) is 7.61. The van der Waals surface area contributed by atoms with Crippen LogP contribution in [0.25, 0.3) is 0 Å². The third-order valence-corrected chi connectivity index (χ3v) is 8.36. The van der Waals surface area contributed by atoms with Crippen molar-refractivity contribution in [3.63, 3.8) is 0 Å². The number of aryl methyl sites for hydroxylation is 1. The standard InChI is InChI=1S/C20H26N2O4S2/c1-5-9-26-12-15-13(17(23)14-11-21-22(4)19(14)24)6-7-16-18(15)28(27-25)10-8-20(16,2)3/h6-7,11,24H,5,8-10,12H2,1-4H3. The van der Waals surface area contributed by atoms with Gasteiger partial charge in [-0.1, -0.05) is 42.4 Å². The molecule has 0 bridgehead atoms.